The molecule has 0 aliphatic carbocycles. The Labute approximate surface area is 87.1 Å². The molecule has 0 aliphatic heterocycles. The molecule has 0 aromatic carbocycles. The average Bonchev–Trinajstić information content (AvgIpc) is 2.86. The Morgan fingerprint density at radius 1 is 1.60 bits per heavy atom. The third kappa shape index (κ3) is 2.88. The zero-order chi connectivity index (χ0) is 10.5. The van der Waals surface area contributed by atoms with Crippen LogP contribution in [0.2, 0.25) is 0 Å². The molecule has 2 N–H and O–H groups in total. The molecule has 80 valence electrons. The van der Waals surface area contributed by atoms with Gasteiger partial charge in [-0.05, 0) is 19.1 Å². The molecule has 2 aromatic rings. The summed E-state index contributed by atoms with van der Waals surface area (Å²) in [5.74, 6) is 1.64. The summed E-state index contributed by atoms with van der Waals surface area (Å²) in [7, 11) is 0. The summed E-state index contributed by atoms with van der Waals surface area (Å²) in [6.07, 6.45) is 2.53. The van der Waals surface area contributed by atoms with E-state index < -0.39 is 0 Å². The zero-order valence-corrected chi connectivity index (χ0v) is 8.47. The topological polar surface area (TPSA) is 79.6 Å². The van der Waals surface area contributed by atoms with E-state index in [-0.39, 0.29) is 0 Å². The smallest absolute Gasteiger partial charge is 0.188 e. The minimum Gasteiger partial charge on any atom is -0.469 e. The molecule has 0 amide bonds. The molecule has 2 heterocycles. The summed E-state index contributed by atoms with van der Waals surface area (Å²) in [4.78, 5) is 0. The lowest BCUT2D eigenvalue weighted by molar-refractivity contribution is 0.453. The van der Waals surface area contributed by atoms with E-state index in [0.29, 0.717) is 18.4 Å². The Kier molecular flexibility index (Phi) is 3.08. The molecule has 2 aromatic heterocycles. The van der Waals surface area contributed by atoms with Crippen LogP contribution in [0.4, 0.5) is 0 Å². The van der Waals surface area contributed by atoms with Gasteiger partial charge in [0.25, 0.3) is 0 Å². The summed E-state index contributed by atoms with van der Waals surface area (Å²) < 4.78 is 5.25. The highest BCUT2D eigenvalue weighted by atomic mass is 16.3. The van der Waals surface area contributed by atoms with E-state index in [4.69, 9.17) is 4.42 Å². The molecule has 2 rings (SSSR count). The number of hydrogen-bond donors (Lipinski definition) is 2. The van der Waals surface area contributed by atoms with Gasteiger partial charge in [-0.2, -0.15) is 5.21 Å². The van der Waals surface area contributed by atoms with Crippen molar-refractivity contribution in [1.29, 1.82) is 0 Å². The lowest BCUT2D eigenvalue weighted by atomic mass is 10.2. The van der Waals surface area contributed by atoms with Crippen molar-refractivity contribution in [2.45, 2.75) is 25.9 Å². The third-order valence-corrected chi connectivity index (χ3v) is 2.09. The number of aromatic nitrogens is 4. The van der Waals surface area contributed by atoms with Crippen molar-refractivity contribution in [3.8, 4) is 0 Å². The fourth-order valence-corrected chi connectivity index (χ4v) is 1.33. The van der Waals surface area contributed by atoms with Crippen molar-refractivity contribution in [2.24, 2.45) is 0 Å². The maximum atomic E-state index is 5.25. The largest absolute Gasteiger partial charge is 0.469 e. The predicted molar refractivity (Wildman–Crippen MR) is 52.9 cm³/mol. The summed E-state index contributed by atoms with van der Waals surface area (Å²) in [5.41, 5.74) is 0. The molecule has 6 heteroatoms. The summed E-state index contributed by atoms with van der Waals surface area (Å²) in [6, 6.07) is 4.17. The lowest BCUT2D eigenvalue weighted by Crippen LogP contribution is -2.27. The average molecular weight is 207 g/mol. The fourth-order valence-electron chi connectivity index (χ4n) is 1.33. The van der Waals surface area contributed by atoms with E-state index in [1.165, 1.54) is 0 Å². The maximum Gasteiger partial charge on any atom is 0.188 e. The minimum absolute atomic E-state index is 0.314. The SMILES string of the molecule is CC(Cc1ccco1)NCc1nn[nH]n1. The van der Waals surface area contributed by atoms with Crippen molar-refractivity contribution >= 4 is 0 Å². The number of rotatable bonds is 5. The van der Waals surface area contributed by atoms with Crippen LogP contribution in [-0.2, 0) is 13.0 Å². The van der Waals surface area contributed by atoms with Crippen LogP contribution in [0.15, 0.2) is 22.8 Å². The van der Waals surface area contributed by atoms with E-state index in [2.05, 4.69) is 32.9 Å². The van der Waals surface area contributed by atoms with Crippen molar-refractivity contribution in [1.82, 2.24) is 25.9 Å². The van der Waals surface area contributed by atoms with Crippen LogP contribution in [0.25, 0.3) is 0 Å². The highest BCUT2D eigenvalue weighted by Gasteiger charge is 2.06. The fraction of sp³-hybridized carbons (Fsp3) is 0.444. The van der Waals surface area contributed by atoms with Crippen molar-refractivity contribution in [2.75, 3.05) is 0 Å². The van der Waals surface area contributed by atoms with Crippen LogP contribution in [-0.4, -0.2) is 26.7 Å². The van der Waals surface area contributed by atoms with Crippen LogP contribution < -0.4 is 5.32 Å². The van der Waals surface area contributed by atoms with Gasteiger partial charge < -0.3 is 9.73 Å². The molecule has 0 saturated heterocycles. The first-order valence-electron chi connectivity index (χ1n) is 4.82. The van der Waals surface area contributed by atoms with Gasteiger partial charge in [0.1, 0.15) is 5.76 Å². The molecule has 0 saturated carbocycles. The Bertz CT molecular complexity index is 369. The minimum atomic E-state index is 0.314. The lowest BCUT2D eigenvalue weighted by Gasteiger charge is -2.09. The van der Waals surface area contributed by atoms with Gasteiger partial charge in [-0.1, -0.05) is 5.21 Å². The third-order valence-electron chi connectivity index (χ3n) is 2.09. The van der Waals surface area contributed by atoms with Crippen molar-refractivity contribution < 1.29 is 4.42 Å². The molecule has 0 radical (unpaired) electrons. The van der Waals surface area contributed by atoms with Crippen molar-refractivity contribution in [3.63, 3.8) is 0 Å². The van der Waals surface area contributed by atoms with Crippen LogP contribution >= 0.6 is 0 Å². The standard InChI is InChI=1S/C9H13N5O/c1-7(5-8-3-2-4-15-8)10-6-9-11-13-14-12-9/h2-4,7,10H,5-6H2,1H3,(H,11,12,13,14). The van der Waals surface area contributed by atoms with Crippen LogP contribution in [0.3, 0.4) is 0 Å². The normalized spacial score (nSPS) is 12.9. The highest BCUT2D eigenvalue weighted by Crippen LogP contribution is 2.03. The van der Waals surface area contributed by atoms with E-state index >= 15 is 0 Å². The van der Waals surface area contributed by atoms with Gasteiger partial charge in [-0.15, -0.1) is 10.2 Å². The summed E-state index contributed by atoms with van der Waals surface area (Å²) in [5, 5.41) is 16.9. The molecule has 15 heavy (non-hydrogen) atoms. The second kappa shape index (κ2) is 4.70. The highest BCUT2D eigenvalue weighted by molar-refractivity contribution is 5.00. The second-order valence-electron chi connectivity index (χ2n) is 3.39. The first-order chi connectivity index (χ1) is 7.34. The zero-order valence-electron chi connectivity index (χ0n) is 8.47. The van der Waals surface area contributed by atoms with Crippen molar-refractivity contribution in [3.05, 3.63) is 30.0 Å². The Morgan fingerprint density at radius 2 is 2.53 bits per heavy atom. The van der Waals surface area contributed by atoms with Gasteiger partial charge in [0.05, 0.1) is 12.8 Å². The van der Waals surface area contributed by atoms with Gasteiger partial charge in [0, 0.05) is 12.5 Å². The molecule has 0 bridgehead atoms. The summed E-state index contributed by atoms with van der Waals surface area (Å²) >= 11 is 0. The number of H-pyrrole nitrogens is 1. The van der Waals surface area contributed by atoms with E-state index in [1.807, 2.05) is 12.1 Å². The molecular formula is C9H13N5O. The Balaban J connectivity index is 1.76. The molecular weight excluding hydrogens is 194 g/mol. The Morgan fingerprint density at radius 3 is 3.20 bits per heavy atom. The molecule has 6 nitrogen and oxygen atoms in total. The number of hydrogen-bond acceptors (Lipinski definition) is 5. The monoisotopic (exact) mass is 207 g/mol. The van der Waals surface area contributed by atoms with Crippen LogP contribution in [0.1, 0.15) is 18.5 Å². The summed E-state index contributed by atoms with van der Waals surface area (Å²) in [6.45, 7) is 2.70. The predicted octanol–water partition coefficient (Wildman–Crippen LogP) is 0.513. The molecule has 0 spiro atoms. The van der Waals surface area contributed by atoms with Gasteiger partial charge in [-0.3, -0.25) is 0 Å². The second-order valence-corrected chi connectivity index (χ2v) is 3.39. The first kappa shape index (κ1) is 9.85. The maximum absolute atomic E-state index is 5.25. The molecule has 1 atom stereocenters. The van der Waals surface area contributed by atoms with Gasteiger partial charge in [-0.25, -0.2) is 0 Å². The van der Waals surface area contributed by atoms with E-state index in [9.17, 15) is 0 Å². The quantitative estimate of drug-likeness (QED) is 0.746. The van der Waals surface area contributed by atoms with Gasteiger partial charge in [0.15, 0.2) is 5.82 Å². The number of furan rings is 1. The van der Waals surface area contributed by atoms with Crippen LogP contribution in [0, 0.1) is 0 Å². The molecule has 1 unspecified atom stereocenters. The molecule has 0 fully saturated rings. The first-order valence-corrected chi connectivity index (χ1v) is 4.82. The van der Waals surface area contributed by atoms with E-state index in [0.717, 1.165) is 12.2 Å². The number of nitrogens with zero attached hydrogens (tertiary/aromatic N) is 3. The number of tetrazole rings is 1. The van der Waals surface area contributed by atoms with Gasteiger partial charge in [0.2, 0.25) is 0 Å². The van der Waals surface area contributed by atoms with Gasteiger partial charge >= 0.3 is 0 Å². The van der Waals surface area contributed by atoms with Crippen LogP contribution in [0.5, 0.6) is 0 Å². The Hall–Kier alpha value is -1.69. The number of aromatic amines is 1. The van der Waals surface area contributed by atoms with E-state index in [1.54, 1.807) is 6.26 Å². The molecule has 0 aliphatic rings. The number of nitrogens with one attached hydrogen (secondary N) is 2.